The highest BCUT2D eigenvalue weighted by Crippen LogP contribution is 2.59. The predicted octanol–water partition coefficient (Wildman–Crippen LogP) is 15.7. The summed E-state index contributed by atoms with van der Waals surface area (Å²) in [5.74, 6) is 0. The van der Waals surface area contributed by atoms with Crippen LogP contribution in [0.4, 0.5) is 34.1 Å². The Labute approximate surface area is 342 Å². The van der Waals surface area contributed by atoms with Gasteiger partial charge in [0.25, 0.3) is 0 Å². The van der Waals surface area contributed by atoms with Gasteiger partial charge in [-0.25, -0.2) is 0 Å². The minimum absolute atomic E-state index is 0.0434. The highest BCUT2D eigenvalue weighted by Gasteiger charge is 2.45. The second-order valence-electron chi connectivity index (χ2n) is 15.6. The SMILES string of the molecule is C(=C\c1ccc(N2c3ccccc3Sc3ccccc32)c2ccccc12)/c1ccc2c(c1)C1(CCCC1)c1cc(N3c4ccccc4Sc4ccccc43)ccc1-2. The van der Waals surface area contributed by atoms with Gasteiger partial charge in [-0.2, -0.15) is 0 Å². The molecule has 0 unspecified atom stereocenters. The van der Waals surface area contributed by atoms with Crippen molar-refractivity contribution in [1.29, 1.82) is 0 Å². The highest BCUT2D eigenvalue weighted by atomic mass is 32.2. The molecule has 272 valence electrons. The third-order valence-electron chi connectivity index (χ3n) is 12.6. The second kappa shape index (κ2) is 13.1. The van der Waals surface area contributed by atoms with E-state index in [0.717, 1.165) is 0 Å². The Morgan fingerprint density at radius 1 is 0.421 bits per heavy atom. The zero-order chi connectivity index (χ0) is 37.5. The number of nitrogens with zero attached hydrogens (tertiary/aromatic N) is 2. The molecule has 2 aliphatic heterocycles. The third kappa shape index (κ3) is 5.13. The van der Waals surface area contributed by atoms with Gasteiger partial charge in [0.15, 0.2) is 0 Å². The number of para-hydroxylation sites is 4. The molecule has 2 nitrogen and oxygen atoms in total. The molecule has 4 aliphatic rings. The van der Waals surface area contributed by atoms with Crippen molar-refractivity contribution in [2.24, 2.45) is 0 Å². The number of hydrogen-bond acceptors (Lipinski definition) is 4. The lowest BCUT2D eigenvalue weighted by Gasteiger charge is -2.34. The van der Waals surface area contributed by atoms with E-state index in [2.05, 4.69) is 192 Å². The molecular weight excluding hydrogens is 729 g/mol. The molecule has 0 bridgehead atoms. The fourth-order valence-electron chi connectivity index (χ4n) is 10.0. The summed E-state index contributed by atoms with van der Waals surface area (Å²) in [6, 6.07) is 63.3. The van der Waals surface area contributed by atoms with Crippen LogP contribution < -0.4 is 9.80 Å². The number of benzene rings is 8. The van der Waals surface area contributed by atoms with E-state index in [1.807, 2.05) is 23.5 Å². The fraction of sp³-hybridized carbons (Fsp3) is 0.0943. The van der Waals surface area contributed by atoms with Gasteiger partial charge < -0.3 is 9.80 Å². The Kier molecular flexibility index (Phi) is 7.61. The van der Waals surface area contributed by atoms with E-state index in [9.17, 15) is 0 Å². The smallest absolute Gasteiger partial charge is 0.0601 e. The summed E-state index contributed by atoms with van der Waals surface area (Å²) in [6.07, 6.45) is 9.57. The minimum Gasteiger partial charge on any atom is -0.308 e. The molecule has 1 spiro atoms. The van der Waals surface area contributed by atoms with Gasteiger partial charge in [-0.1, -0.05) is 152 Å². The summed E-state index contributed by atoms with van der Waals surface area (Å²) >= 11 is 3.72. The molecule has 0 aromatic heterocycles. The molecule has 0 N–H and O–H groups in total. The Bertz CT molecular complexity index is 2870. The number of hydrogen-bond donors (Lipinski definition) is 0. The van der Waals surface area contributed by atoms with Crippen molar-refractivity contribution in [1.82, 2.24) is 0 Å². The van der Waals surface area contributed by atoms with Gasteiger partial charge in [-0.3, -0.25) is 0 Å². The molecule has 8 aromatic rings. The van der Waals surface area contributed by atoms with Crippen molar-refractivity contribution in [2.75, 3.05) is 9.80 Å². The Balaban J connectivity index is 0.923. The van der Waals surface area contributed by atoms with Crippen LogP contribution >= 0.6 is 23.5 Å². The minimum atomic E-state index is 0.0434. The Morgan fingerprint density at radius 2 is 0.930 bits per heavy atom. The van der Waals surface area contributed by atoms with Crippen molar-refractivity contribution < 1.29 is 0 Å². The monoisotopic (exact) mass is 766 g/mol. The molecule has 1 saturated carbocycles. The van der Waals surface area contributed by atoms with E-state index in [1.165, 1.54) is 124 Å². The summed E-state index contributed by atoms with van der Waals surface area (Å²) in [6.45, 7) is 0. The molecule has 12 rings (SSSR count). The number of rotatable bonds is 4. The first-order valence-electron chi connectivity index (χ1n) is 20.0. The van der Waals surface area contributed by atoms with E-state index in [-0.39, 0.29) is 5.41 Å². The Hall–Kier alpha value is -5.94. The lowest BCUT2D eigenvalue weighted by atomic mass is 9.76. The van der Waals surface area contributed by atoms with Crippen molar-refractivity contribution in [3.05, 3.63) is 192 Å². The molecule has 0 radical (unpaired) electrons. The summed E-state index contributed by atoms with van der Waals surface area (Å²) in [7, 11) is 0. The summed E-state index contributed by atoms with van der Waals surface area (Å²) in [5.41, 5.74) is 15.8. The fourth-order valence-corrected chi connectivity index (χ4v) is 12.2. The highest BCUT2D eigenvalue weighted by molar-refractivity contribution is 8.00. The topological polar surface area (TPSA) is 6.48 Å². The average Bonchev–Trinajstić information content (AvgIpc) is 3.87. The van der Waals surface area contributed by atoms with Crippen molar-refractivity contribution >= 4 is 80.6 Å². The van der Waals surface area contributed by atoms with Crippen molar-refractivity contribution in [3.63, 3.8) is 0 Å². The van der Waals surface area contributed by atoms with Gasteiger partial charge >= 0.3 is 0 Å². The van der Waals surface area contributed by atoms with Gasteiger partial charge in [0, 0.05) is 36.1 Å². The predicted molar refractivity (Wildman–Crippen MR) is 242 cm³/mol. The van der Waals surface area contributed by atoms with Crippen molar-refractivity contribution in [2.45, 2.75) is 50.7 Å². The molecule has 8 aromatic carbocycles. The van der Waals surface area contributed by atoms with Crippen LogP contribution in [-0.2, 0) is 5.41 Å². The standard InChI is InChI=1S/C53H38N2S2/c1-2-14-41-38(13-1)36(26-30-44(41)55-47-17-5-9-21-51(47)57-52-22-10-6-18-48(52)55)25-23-35-24-28-39-40-29-27-37(34-43(40)53(42(39)33-35)31-11-12-32-53)54-45-15-3-7-19-49(45)56-50-20-8-4-16-46(50)54/h1-10,13-30,33-34H,11-12,31-32H2/b25-23+. The first-order chi connectivity index (χ1) is 28.2. The van der Waals surface area contributed by atoms with Gasteiger partial charge in [0.2, 0.25) is 0 Å². The van der Waals surface area contributed by atoms with Crippen LogP contribution in [0.1, 0.15) is 47.9 Å². The van der Waals surface area contributed by atoms with Gasteiger partial charge in [-0.05, 0) is 118 Å². The third-order valence-corrected chi connectivity index (χ3v) is 14.8. The maximum Gasteiger partial charge on any atom is 0.0601 e. The number of fused-ring (bicyclic) bond motifs is 10. The second-order valence-corrected chi connectivity index (χ2v) is 17.8. The maximum atomic E-state index is 2.53. The summed E-state index contributed by atoms with van der Waals surface area (Å²) in [5, 5.41) is 2.51. The molecule has 0 saturated heterocycles. The van der Waals surface area contributed by atoms with E-state index in [4.69, 9.17) is 0 Å². The normalized spacial score (nSPS) is 15.6. The average molecular weight is 767 g/mol. The van der Waals surface area contributed by atoms with Crippen LogP contribution in [0.2, 0.25) is 0 Å². The lowest BCUT2D eigenvalue weighted by molar-refractivity contribution is 0.550. The summed E-state index contributed by atoms with van der Waals surface area (Å²) in [4.78, 5) is 10.1. The van der Waals surface area contributed by atoms with Gasteiger partial charge in [-0.15, -0.1) is 0 Å². The molecule has 4 heteroatoms. The molecule has 57 heavy (non-hydrogen) atoms. The quantitative estimate of drug-likeness (QED) is 0.165. The van der Waals surface area contributed by atoms with Gasteiger partial charge in [0.05, 0.1) is 28.4 Å². The van der Waals surface area contributed by atoms with Gasteiger partial charge in [0.1, 0.15) is 0 Å². The van der Waals surface area contributed by atoms with E-state index in [0.29, 0.717) is 0 Å². The van der Waals surface area contributed by atoms with Crippen LogP contribution in [0.5, 0.6) is 0 Å². The summed E-state index contributed by atoms with van der Waals surface area (Å²) < 4.78 is 0. The van der Waals surface area contributed by atoms with E-state index >= 15 is 0 Å². The first-order valence-corrected chi connectivity index (χ1v) is 21.7. The van der Waals surface area contributed by atoms with Crippen LogP contribution in [0.15, 0.2) is 189 Å². The zero-order valence-electron chi connectivity index (χ0n) is 31.4. The van der Waals surface area contributed by atoms with Crippen molar-refractivity contribution in [3.8, 4) is 11.1 Å². The Morgan fingerprint density at radius 3 is 1.54 bits per heavy atom. The molecule has 2 heterocycles. The van der Waals surface area contributed by atoms with Crippen LogP contribution in [-0.4, -0.2) is 0 Å². The van der Waals surface area contributed by atoms with Crippen LogP contribution in [0, 0.1) is 0 Å². The first kappa shape index (κ1) is 33.2. The van der Waals surface area contributed by atoms with Crippen LogP contribution in [0.25, 0.3) is 34.1 Å². The maximum absolute atomic E-state index is 2.53. The lowest BCUT2D eigenvalue weighted by Crippen LogP contribution is -2.21. The van der Waals surface area contributed by atoms with E-state index in [1.54, 1.807) is 0 Å². The molecular formula is C53H38N2S2. The number of anilines is 6. The molecule has 1 fully saturated rings. The molecule has 0 amide bonds. The largest absolute Gasteiger partial charge is 0.308 e. The van der Waals surface area contributed by atoms with E-state index < -0.39 is 0 Å². The molecule has 0 atom stereocenters. The molecule has 2 aliphatic carbocycles. The zero-order valence-corrected chi connectivity index (χ0v) is 33.0. The van der Waals surface area contributed by atoms with Crippen LogP contribution in [0.3, 0.4) is 0 Å².